The first-order valence-corrected chi connectivity index (χ1v) is 9.43. The predicted molar refractivity (Wildman–Crippen MR) is 114 cm³/mol. The fourth-order valence-corrected chi connectivity index (χ4v) is 3.91. The van der Waals surface area contributed by atoms with Gasteiger partial charge in [-0.25, -0.2) is 4.79 Å². The van der Waals surface area contributed by atoms with Crippen LogP contribution in [-0.4, -0.2) is 14.1 Å². The second kappa shape index (κ2) is 6.51. The van der Waals surface area contributed by atoms with E-state index < -0.39 is 0 Å². The summed E-state index contributed by atoms with van der Waals surface area (Å²) >= 11 is 12.7. The molecule has 0 N–H and O–H groups in total. The fourth-order valence-electron chi connectivity index (χ4n) is 3.52. The molecule has 0 aliphatic carbocycles. The Morgan fingerprint density at radius 3 is 2.36 bits per heavy atom. The van der Waals surface area contributed by atoms with Gasteiger partial charge in [0, 0.05) is 10.4 Å². The molecule has 136 valence electrons. The van der Waals surface area contributed by atoms with E-state index in [0.29, 0.717) is 21.2 Å². The molecule has 6 heteroatoms. The normalized spacial score (nSPS) is 11.4. The molecule has 0 saturated carbocycles. The van der Waals surface area contributed by atoms with E-state index in [1.54, 1.807) is 27.5 Å². The maximum Gasteiger partial charge on any atom is 0.338 e. The van der Waals surface area contributed by atoms with Crippen LogP contribution in [-0.2, 0) is 0 Å². The lowest BCUT2D eigenvalue weighted by molar-refractivity contribution is 0.931. The zero-order chi connectivity index (χ0) is 19.3. The van der Waals surface area contributed by atoms with E-state index in [-0.39, 0.29) is 5.69 Å². The molecule has 0 radical (unpaired) electrons. The second-order valence-corrected chi connectivity index (χ2v) is 7.24. The first-order valence-electron chi connectivity index (χ1n) is 8.67. The summed E-state index contributed by atoms with van der Waals surface area (Å²) in [4.78, 5) is 18.1. The van der Waals surface area contributed by atoms with Gasteiger partial charge in [-0.1, -0.05) is 53.5 Å². The topological polar surface area (TPSA) is 39.8 Å². The molecule has 0 aliphatic rings. The van der Waals surface area contributed by atoms with Gasteiger partial charge >= 0.3 is 5.69 Å². The molecule has 28 heavy (non-hydrogen) atoms. The van der Waals surface area contributed by atoms with Crippen LogP contribution in [0.4, 0.5) is 0 Å². The summed E-state index contributed by atoms with van der Waals surface area (Å²) in [7, 11) is 0. The minimum absolute atomic E-state index is 0.219. The molecule has 5 rings (SSSR count). The van der Waals surface area contributed by atoms with Crippen molar-refractivity contribution in [3.05, 3.63) is 99.5 Å². The van der Waals surface area contributed by atoms with Crippen molar-refractivity contribution in [3.63, 3.8) is 0 Å². The van der Waals surface area contributed by atoms with Crippen molar-refractivity contribution in [2.24, 2.45) is 0 Å². The van der Waals surface area contributed by atoms with Crippen molar-refractivity contribution in [2.45, 2.75) is 0 Å². The third-order valence-electron chi connectivity index (χ3n) is 4.74. The minimum Gasteiger partial charge on any atom is -0.259 e. The summed E-state index contributed by atoms with van der Waals surface area (Å²) in [6.45, 7) is 0. The molecule has 0 unspecified atom stereocenters. The van der Waals surface area contributed by atoms with Gasteiger partial charge in [0.05, 0.1) is 39.1 Å². The van der Waals surface area contributed by atoms with Crippen molar-refractivity contribution in [1.82, 2.24) is 14.1 Å². The number of halogens is 2. The number of benzene rings is 3. The summed E-state index contributed by atoms with van der Waals surface area (Å²) in [5.74, 6) is 0. The van der Waals surface area contributed by atoms with Gasteiger partial charge in [0.2, 0.25) is 0 Å². The second-order valence-electron chi connectivity index (χ2n) is 6.39. The molecular weight excluding hydrogens is 393 g/mol. The SMILES string of the molecule is O=c1n(-c2ccccc2)c2cnc3ccc(Cl)cc3c2n1-c1ccccc1Cl. The summed E-state index contributed by atoms with van der Waals surface area (Å²) in [6.07, 6.45) is 1.72. The van der Waals surface area contributed by atoms with Crippen LogP contribution in [0.1, 0.15) is 0 Å². The molecule has 5 aromatic rings. The van der Waals surface area contributed by atoms with Crippen LogP contribution >= 0.6 is 23.2 Å². The number of para-hydroxylation sites is 2. The van der Waals surface area contributed by atoms with E-state index in [4.69, 9.17) is 23.2 Å². The van der Waals surface area contributed by atoms with Crippen LogP contribution in [0.5, 0.6) is 0 Å². The lowest BCUT2D eigenvalue weighted by Gasteiger charge is -2.07. The van der Waals surface area contributed by atoms with Crippen LogP contribution in [0, 0.1) is 0 Å². The highest BCUT2D eigenvalue weighted by Gasteiger charge is 2.20. The van der Waals surface area contributed by atoms with Crippen LogP contribution in [0.25, 0.3) is 33.3 Å². The Bertz CT molecular complexity index is 1400. The Morgan fingerprint density at radius 1 is 0.821 bits per heavy atom. The number of rotatable bonds is 2. The predicted octanol–water partition coefficient (Wildman–Crippen LogP) is 5.64. The summed E-state index contributed by atoms with van der Waals surface area (Å²) in [5, 5.41) is 1.85. The number of pyridine rings is 1. The third-order valence-corrected chi connectivity index (χ3v) is 5.29. The summed E-state index contributed by atoms with van der Waals surface area (Å²) < 4.78 is 3.27. The Morgan fingerprint density at radius 2 is 1.57 bits per heavy atom. The van der Waals surface area contributed by atoms with Gasteiger partial charge in [0.15, 0.2) is 0 Å². The Kier molecular flexibility index (Phi) is 3.97. The molecule has 0 atom stereocenters. The maximum atomic E-state index is 13.6. The largest absolute Gasteiger partial charge is 0.338 e. The van der Waals surface area contributed by atoms with Crippen LogP contribution < -0.4 is 5.69 Å². The highest BCUT2D eigenvalue weighted by molar-refractivity contribution is 6.33. The van der Waals surface area contributed by atoms with Crippen LogP contribution in [0.3, 0.4) is 0 Å². The standard InChI is InChI=1S/C22H13Cl2N3O/c23-14-10-11-18-16(12-14)21-20(13-25-18)26(15-6-2-1-3-7-15)22(28)27(21)19-9-5-4-8-17(19)24/h1-13H. The highest BCUT2D eigenvalue weighted by Crippen LogP contribution is 2.30. The molecule has 2 aromatic heterocycles. The first-order chi connectivity index (χ1) is 13.6. The van der Waals surface area contributed by atoms with Gasteiger partial charge in [-0.15, -0.1) is 0 Å². The van der Waals surface area contributed by atoms with E-state index in [1.807, 2.05) is 60.7 Å². The summed E-state index contributed by atoms with van der Waals surface area (Å²) in [5.41, 5.74) is 3.31. The van der Waals surface area contributed by atoms with E-state index in [9.17, 15) is 4.79 Å². The highest BCUT2D eigenvalue weighted by atomic mass is 35.5. The van der Waals surface area contributed by atoms with Crippen molar-refractivity contribution in [3.8, 4) is 11.4 Å². The molecule has 0 fully saturated rings. The van der Waals surface area contributed by atoms with E-state index >= 15 is 0 Å². The third kappa shape index (κ3) is 2.53. The number of aromatic nitrogens is 3. The molecule has 4 nitrogen and oxygen atoms in total. The molecule has 0 aliphatic heterocycles. The number of nitrogens with zero attached hydrogens (tertiary/aromatic N) is 3. The minimum atomic E-state index is -0.219. The number of imidazole rings is 1. The number of hydrogen-bond acceptors (Lipinski definition) is 2. The van der Waals surface area contributed by atoms with Crippen molar-refractivity contribution >= 4 is 45.1 Å². The molecule has 0 amide bonds. The van der Waals surface area contributed by atoms with Crippen molar-refractivity contribution < 1.29 is 0 Å². The molecular formula is C22H13Cl2N3O. The van der Waals surface area contributed by atoms with Gasteiger partial charge in [-0.2, -0.15) is 0 Å². The van der Waals surface area contributed by atoms with E-state index in [2.05, 4.69) is 4.98 Å². The molecule has 0 bridgehead atoms. The van der Waals surface area contributed by atoms with Gasteiger partial charge in [0.1, 0.15) is 0 Å². The zero-order valence-corrected chi connectivity index (χ0v) is 16.0. The monoisotopic (exact) mass is 405 g/mol. The average molecular weight is 406 g/mol. The van der Waals surface area contributed by atoms with Gasteiger partial charge in [0.25, 0.3) is 0 Å². The molecule has 0 saturated heterocycles. The lowest BCUT2D eigenvalue weighted by atomic mass is 10.2. The first kappa shape index (κ1) is 17.0. The Balaban J connectivity index is 2.03. The fraction of sp³-hybridized carbons (Fsp3) is 0. The lowest BCUT2D eigenvalue weighted by Crippen LogP contribution is -2.22. The van der Waals surface area contributed by atoms with Crippen LogP contribution in [0.15, 0.2) is 83.8 Å². The molecule has 2 heterocycles. The Labute approximate surface area is 170 Å². The zero-order valence-electron chi connectivity index (χ0n) is 14.5. The van der Waals surface area contributed by atoms with Crippen molar-refractivity contribution in [2.75, 3.05) is 0 Å². The van der Waals surface area contributed by atoms with Gasteiger partial charge in [-0.05, 0) is 42.5 Å². The quantitative estimate of drug-likeness (QED) is 0.381. The van der Waals surface area contributed by atoms with Crippen LogP contribution in [0.2, 0.25) is 10.0 Å². The smallest absolute Gasteiger partial charge is 0.259 e. The Hall–Kier alpha value is -3.08. The van der Waals surface area contributed by atoms with Crippen molar-refractivity contribution in [1.29, 1.82) is 0 Å². The van der Waals surface area contributed by atoms with E-state index in [0.717, 1.165) is 22.1 Å². The van der Waals surface area contributed by atoms with Gasteiger partial charge in [-0.3, -0.25) is 14.1 Å². The summed E-state index contributed by atoms with van der Waals surface area (Å²) in [6, 6.07) is 22.2. The van der Waals surface area contributed by atoms with E-state index in [1.165, 1.54) is 0 Å². The molecule has 3 aromatic carbocycles. The molecule has 0 spiro atoms. The maximum absolute atomic E-state index is 13.6. The average Bonchev–Trinajstić information content (AvgIpc) is 3.01. The van der Waals surface area contributed by atoms with Gasteiger partial charge < -0.3 is 0 Å². The number of fused-ring (bicyclic) bond motifs is 3. The number of hydrogen-bond donors (Lipinski definition) is 0.